The number of pyridine rings is 1. The molecule has 2 atom stereocenters. The van der Waals surface area contributed by atoms with Gasteiger partial charge in [0.25, 0.3) is 0 Å². The summed E-state index contributed by atoms with van der Waals surface area (Å²) in [6.07, 6.45) is 3.56. The minimum absolute atomic E-state index is 0.0408. The predicted molar refractivity (Wildman–Crippen MR) is 131 cm³/mol. The fraction of sp³-hybridized carbons (Fsp3) is 0.321. The Labute approximate surface area is 218 Å². The second-order valence-corrected chi connectivity index (χ2v) is 8.86. The largest absolute Gasteiger partial charge is 0.469 e. The molecule has 2 heterocycles. The van der Waals surface area contributed by atoms with E-state index < -0.39 is 29.2 Å². The molecule has 0 bridgehead atoms. The highest BCUT2D eigenvalue weighted by molar-refractivity contribution is 5.89. The van der Waals surface area contributed by atoms with E-state index in [9.17, 15) is 27.2 Å². The van der Waals surface area contributed by atoms with Crippen LogP contribution in [0.3, 0.4) is 0 Å². The maximum absolute atomic E-state index is 13.1. The van der Waals surface area contributed by atoms with Crippen molar-refractivity contribution < 1.29 is 36.6 Å². The number of carbonyl (C=O) groups is 2. The van der Waals surface area contributed by atoms with E-state index in [1.807, 2.05) is 0 Å². The number of piperidine rings is 1. The topological polar surface area (TPSA) is 77.5 Å². The van der Waals surface area contributed by atoms with Crippen LogP contribution < -0.4 is 5.32 Å². The molecule has 0 spiro atoms. The molecule has 1 fully saturated rings. The van der Waals surface area contributed by atoms with Gasteiger partial charge in [0.2, 0.25) is 0 Å². The van der Waals surface area contributed by atoms with Gasteiger partial charge in [0.1, 0.15) is 23.3 Å². The molecular formula is C28H28F4N2O4. The standard InChI is InChI=1S/C14H17F2NO2.C14H11F2NO2/c2*1-19-14(18)10-2-3-17-13(7-10)6-9-4-11(15)8-12(16)5-9/h4-5,8,10,13,17H,2-3,6-7H2,1H3;2-5,7-8H,6H2,1H3. The monoisotopic (exact) mass is 532 g/mol. The van der Waals surface area contributed by atoms with Crippen molar-refractivity contribution in [3.8, 4) is 0 Å². The number of aromatic nitrogens is 1. The van der Waals surface area contributed by atoms with Gasteiger partial charge >= 0.3 is 11.9 Å². The minimum Gasteiger partial charge on any atom is -0.469 e. The van der Waals surface area contributed by atoms with E-state index in [-0.39, 0.29) is 24.3 Å². The summed E-state index contributed by atoms with van der Waals surface area (Å²) < 4.78 is 61.7. The van der Waals surface area contributed by atoms with Crippen molar-refractivity contribution >= 4 is 11.9 Å². The smallest absolute Gasteiger partial charge is 0.337 e. The first-order valence-corrected chi connectivity index (χ1v) is 11.9. The zero-order chi connectivity index (χ0) is 27.7. The summed E-state index contributed by atoms with van der Waals surface area (Å²) >= 11 is 0. The molecule has 10 heteroatoms. The van der Waals surface area contributed by atoms with E-state index in [4.69, 9.17) is 4.74 Å². The molecule has 0 radical (unpaired) electrons. The Bertz CT molecular complexity index is 1230. The van der Waals surface area contributed by atoms with E-state index in [0.29, 0.717) is 41.8 Å². The van der Waals surface area contributed by atoms with E-state index in [0.717, 1.165) is 18.6 Å². The minimum atomic E-state index is -0.640. The van der Waals surface area contributed by atoms with Gasteiger partial charge in [-0.05, 0) is 73.3 Å². The fourth-order valence-corrected chi connectivity index (χ4v) is 4.30. The van der Waals surface area contributed by atoms with Crippen molar-refractivity contribution in [2.75, 3.05) is 20.8 Å². The average molecular weight is 533 g/mol. The Morgan fingerprint density at radius 2 is 1.50 bits per heavy atom. The van der Waals surface area contributed by atoms with Gasteiger partial charge in [-0.3, -0.25) is 9.78 Å². The number of benzene rings is 2. The van der Waals surface area contributed by atoms with Crippen LogP contribution in [-0.4, -0.2) is 43.7 Å². The molecule has 202 valence electrons. The summed E-state index contributed by atoms with van der Waals surface area (Å²) in [7, 11) is 2.66. The molecule has 1 aliphatic rings. The average Bonchev–Trinajstić information content (AvgIpc) is 2.87. The molecule has 1 aromatic heterocycles. The Hall–Kier alpha value is -3.79. The second kappa shape index (κ2) is 13.7. The molecular weight excluding hydrogens is 504 g/mol. The van der Waals surface area contributed by atoms with Crippen molar-refractivity contribution in [2.45, 2.75) is 31.7 Å². The number of hydrogen-bond acceptors (Lipinski definition) is 6. The maximum Gasteiger partial charge on any atom is 0.337 e. The predicted octanol–water partition coefficient (Wildman–Crippen LogP) is 4.79. The summed E-state index contributed by atoms with van der Waals surface area (Å²) in [4.78, 5) is 26.9. The first kappa shape index (κ1) is 28.8. The van der Waals surface area contributed by atoms with E-state index >= 15 is 0 Å². The number of carbonyl (C=O) groups excluding carboxylic acids is 2. The normalized spacial score (nSPS) is 16.7. The highest BCUT2D eigenvalue weighted by Crippen LogP contribution is 2.21. The van der Waals surface area contributed by atoms with Gasteiger partial charge in [0.15, 0.2) is 0 Å². The van der Waals surface area contributed by atoms with Gasteiger partial charge in [-0.2, -0.15) is 0 Å². The molecule has 1 aliphatic heterocycles. The summed E-state index contributed by atoms with van der Waals surface area (Å²) in [5, 5.41) is 3.26. The van der Waals surface area contributed by atoms with Crippen LogP contribution in [0.5, 0.6) is 0 Å². The molecule has 0 amide bonds. The van der Waals surface area contributed by atoms with E-state index in [2.05, 4.69) is 15.0 Å². The Kier molecular flexibility index (Phi) is 10.3. The van der Waals surface area contributed by atoms with Crippen LogP contribution >= 0.6 is 0 Å². The lowest BCUT2D eigenvalue weighted by atomic mass is 9.89. The van der Waals surface area contributed by atoms with Crippen LogP contribution in [0.4, 0.5) is 17.6 Å². The fourth-order valence-electron chi connectivity index (χ4n) is 4.30. The number of methoxy groups -OCH3 is 2. The van der Waals surface area contributed by atoms with Crippen molar-refractivity contribution in [3.63, 3.8) is 0 Å². The van der Waals surface area contributed by atoms with Gasteiger partial charge in [-0.1, -0.05) is 0 Å². The molecule has 4 rings (SSSR count). The summed E-state index contributed by atoms with van der Waals surface area (Å²) in [6, 6.07) is 9.87. The zero-order valence-electron chi connectivity index (χ0n) is 21.0. The number of esters is 2. The van der Waals surface area contributed by atoms with Gasteiger partial charge in [-0.15, -0.1) is 0 Å². The molecule has 38 heavy (non-hydrogen) atoms. The third kappa shape index (κ3) is 8.65. The number of hydrogen-bond donors (Lipinski definition) is 1. The van der Waals surface area contributed by atoms with Gasteiger partial charge < -0.3 is 14.8 Å². The first-order chi connectivity index (χ1) is 18.2. The van der Waals surface area contributed by atoms with Crippen molar-refractivity contribution in [2.24, 2.45) is 5.92 Å². The number of nitrogens with zero attached hydrogens (tertiary/aromatic N) is 1. The maximum atomic E-state index is 13.1. The Balaban J connectivity index is 0.000000211. The van der Waals surface area contributed by atoms with Crippen LogP contribution in [-0.2, 0) is 27.1 Å². The van der Waals surface area contributed by atoms with Crippen molar-refractivity contribution in [3.05, 3.63) is 100 Å². The quantitative estimate of drug-likeness (QED) is 0.364. The Morgan fingerprint density at radius 3 is 2.08 bits per heavy atom. The molecule has 0 aliphatic carbocycles. The van der Waals surface area contributed by atoms with Crippen LogP contribution in [0, 0.1) is 29.2 Å². The van der Waals surface area contributed by atoms with Gasteiger partial charge in [0, 0.05) is 36.5 Å². The summed E-state index contributed by atoms with van der Waals surface area (Å²) in [6.45, 7) is 0.711. The molecule has 3 aromatic rings. The van der Waals surface area contributed by atoms with Crippen molar-refractivity contribution in [1.29, 1.82) is 0 Å². The molecule has 2 unspecified atom stereocenters. The number of ether oxygens (including phenoxy) is 2. The third-order valence-corrected chi connectivity index (χ3v) is 5.98. The van der Waals surface area contributed by atoms with Crippen LogP contribution in [0.1, 0.15) is 40.0 Å². The van der Waals surface area contributed by atoms with E-state index in [1.54, 1.807) is 0 Å². The van der Waals surface area contributed by atoms with Crippen LogP contribution in [0.25, 0.3) is 0 Å². The lowest BCUT2D eigenvalue weighted by Gasteiger charge is -2.28. The third-order valence-electron chi connectivity index (χ3n) is 5.98. The molecule has 0 saturated carbocycles. The highest BCUT2D eigenvalue weighted by atomic mass is 19.1. The lowest BCUT2D eigenvalue weighted by Crippen LogP contribution is -2.42. The number of rotatable bonds is 6. The molecule has 6 nitrogen and oxygen atoms in total. The lowest BCUT2D eigenvalue weighted by molar-refractivity contribution is -0.146. The van der Waals surface area contributed by atoms with E-state index in [1.165, 1.54) is 56.8 Å². The number of nitrogens with one attached hydrogen (secondary N) is 1. The van der Waals surface area contributed by atoms with Crippen LogP contribution in [0.2, 0.25) is 0 Å². The number of halogens is 4. The van der Waals surface area contributed by atoms with Crippen LogP contribution in [0.15, 0.2) is 54.7 Å². The summed E-state index contributed by atoms with van der Waals surface area (Å²) in [5.74, 6) is -3.25. The molecule has 1 saturated heterocycles. The van der Waals surface area contributed by atoms with Gasteiger partial charge in [0.05, 0.1) is 25.7 Å². The molecule has 2 aromatic carbocycles. The highest BCUT2D eigenvalue weighted by Gasteiger charge is 2.27. The first-order valence-electron chi connectivity index (χ1n) is 11.9. The Morgan fingerprint density at radius 1 is 0.895 bits per heavy atom. The van der Waals surface area contributed by atoms with Crippen molar-refractivity contribution in [1.82, 2.24) is 10.3 Å². The SMILES string of the molecule is COC(=O)C1CCNC(Cc2cc(F)cc(F)c2)C1.COC(=O)c1ccnc(Cc2cc(F)cc(F)c2)c1. The second-order valence-electron chi connectivity index (χ2n) is 8.86. The van der Waals surface area contributed by atoms with Gasteiger partial charge in [-0.25, -0.2) is 22.4 Å². The molecule has 1 N–H and O–H groups in total. The zero-order valence-corrected chi connectivity index (χ0v) is 21.0. The summed E-state index contributed by atoms with van der Waals surface area (Å²) in [5.41, 5.74) is 1.94.